The number of halogens is 2. The average molecular weight is 321 g/mol. The van der Waals surface area contributed by atoms with Crippen LogP contribution in [0.15, 0.2) is 34.6 Å². The van der Waals surface area contributed by atoms with Gasteiger partial charge < -0.3 is 5.32 Å². The van der Waals surface area contributed by atoms with E-state index in [4.69, 9.17) is 0 Å². The van der Waals surface area contributed by atoms with Gasteiger partial charge in [-0.25, -0.2) is 13.8 Å². The number of aryl methyl sites for hydroxylation is 1. The van der Waals surface area contributed by atoms with Gasteiger partial charge in [-0.15, -0.1) is 11.3 Å². The van der Waals surface area contributed by atoms with Crippen molar-refractivity contribution in [2.24, 2.45) is 0 Å². The molecule has 2 heterocycles. The Hall–Kier alpha value is -2.61. The van der Waals surface area contributed by atoms with Crippen molar-refractivity contribution in [2.75, 3.05) is 5.32 Å². The van der Waals surface area contributed by atoms with E-state index in [-0.39, 0.29) is 11.3 Å². The molecule has 0 atom stereocenters. The molecule has 0 spiro atoms. The van der Waals surface area contributed by atoms with Crippen LogP contribution in [0.1, 0.15) is 16.1 Å². The lowest BCUT2D eigenvalue weighted by atomic mass is 10.2. The first-order valence-electron chi connectivity index (χ1n) is 6.20. The molecule has 3 rings (SSSR count). The number of hydrogen-bond donors (Lipinski definition) is 1. The van der Waals surface area contributed by atoms with Gasteiger partial charge in [0, 0.05) is 17.6 Å². The third-order valence-electron chi connectivity index (χ3n) is 3.06. The Morgan fingerprint density at radius 3 is 2.86 bits per heavy atom. The van der Waals surface area contributed by atoms with Crippen LogP contribution in [-0.4, -0.2) is 15.3 Å². The Kier molecular flexibility index (Phi) is 3.45. The second kappa shape index (κ2) is 5.30. The Labute approximate surface area is 126 Å². The molecule has 0 unspecified atom stereocenters. The number of nitrogens with one attached hydrogen (secondary N) is 1. The number of amides is 1. The predicted molar refractivity (Wildman–Crippen MR) is 78.4 cm³/mol. The molecule has 0 aliphatic heterocycles. The van der Waals surface area contributed by atoms with E-state index in [0.717, 1.165) is 12.1 Å². The van der Waals surface area contributed by atoms with Crippen LogP contribution < -0.4 is 10.9 Å². The van der Waals surface area contributed by atoms with E-state index in [1.54, 1.807) is 12.3 Å². The van der Waals surface area contributed by atoms with Crippen LogP contribution in [0.2, 0.25) is 0 Å². The molecule has 0 radical (unpaired) electrons. The largest absolute Gasteiger partial charge is 0.316 e. The fraction of sp³-hybridized carbons (Fsp3) is 0.0714. The summed E-state index contributed by atoms with van der Waals surface area (Å²) in [5.41, 5.74) is -0.525. The monoisotopic (exact) mass is 321 g/mol. The number of hydrogen-bond acceptors (Lipinski definition) is 4. The number of rotatable bonds is 2. The third kappa shape index (κ3) is 2.37. The van der Waals surface area contributed by atoms with Crippen molar-refractivity contribution in [3.05, 3.63) is 63.0 Å². The molecule has 112 valence electrons. The Bertz CT molecular complexity index is 949. The Morgan fingerprint density at radius 1 is 1.36 bits per heavy atom. The minimum Gasteiger partial charge on any atom is -0.316 e. The molecule has 22 heavy (non-hydrogen) atoms. The first-order valence-corrected chi connectivity index (χ1v) is 7.08. The molecule has 1 aromatic carbocycles. The highest BCUT2D eigenvalue weighted by Gasteiger charge is 2.17. The maximum absolute atomic E-state index is 13.6. The van der Waals surface area contributed by atoms with Crippen molar-refractivity contribution in [1.29, 1.82) is 0 Å². The van der Waals surface area contributed by atoms with E-state index in [1.807, 2.05) is 0 Å². The van der Waals surface area contributed by atoms with E-state index in [0.29, 0.717) is 16.7 Å². The lowest BCUT2D eigenvalue weighted by molar-refractivity contribution is 0.102. The van der Waals surface area contributed by atoms with Gasteiger partial charge in [-0.05, 0) is 19.1 Å². The number of carbonyl (C=O) groups excluding carboxylic acids is 1. The average Bonchev–Trinajstić information content (AvgIpc) is 2.91. The van der Waals surface area contributed by atoms with Gasteiger partial charge in [0.15, 0.2) is 4.96 Å². The first-order chi connectivity index (χ1) is 10.5. The quantitative estimate of drug-likeness (QED) is 0.789. The molecule has 0 aliphatic carbocycles. The van der Waals surface area contributed by atoms with Crippen molar-refractivity contribution < 1.29 is 13.6 Å². The number of fused-ring (bicyclic) bond motifs is 1. The molecule has 2 aromatic heterocycles. The maximum Gasteiger partial charge on any atom is 0.282 e. The minimum absolute atomic E-state index is 0.0374. The standard InChI is InChI=1S/C14H9F2N3O2S/c1-7-11(13(21)19-4-5-22-14(19)17-7)18-12(20)9-3-2-8(15)6-10(9)16/h2-6H,1H3,(H,18,20). The lowest BCUT2D eigenvalue weighted by Crippen LogP contribution is -2.24. The fourth-order valence-corrected chi connectivity index (χ4v) is 2.73. The van der Waals surface area contributed by atoms with E-state index < -0.39 is 23.1 Å². The zero-order chi connectivity index (χ0) is 15.9. The summed E-state index contributed by atoms with van der Waals surface area (Å²) >= 11 is 1.28. The first kappa shape index (κ1) is 14.3. The second-order valence-electron chi connectivity index (χ2n) is 4.51. The maximum atomic E-state index is 13.6. The molecule has 3 aromatic rings. The molecule has 0 saturated carbocycles. The smallest absolute Gasteiger partial charge is 0.282 e. The molecule has 0 fully saturated rings. The predicted octanol–water partition coefficient (Wildman–Crippen LogP) is 2.59. The van der Waals surface area contributed by atoms with E-state index in [9.17, 15) is 18.4 Å². The van der Waals surface area contributed by atoms with Crippen molar-refractivity contribution in [3.8, 4) is 0 Å². The molecular formula is C14H9F2N3O2S. The molecule has 0 saturated heterocycles. The zero-order valence-corrected chi connectivity index (χ0v) is 12.1. The number of benzene rings is 1. The highest BCUT2D eigenvalue weighted by molar-refractivity contribution is 7.15. The second-order valence-corrected chi connectivity index (χ2v) is 5.38. The Balaban J connectivity index is 2.02. The SMILES string of the molecule is Cc1nc2sccn2c(=O)c1NC(=O)c1ccc(F)cc1F. The summed E-state index contributed by atoms with van der Waals surface area (Å²) in [6, 6.07) is 2.59. The van der Waals surface area contributed by atoms with Gasteiger partial charge in [0.2, 0.25) is 0 Å². The highest BCUT2D eigenvalue weighted by Crippen LogP contribution is 2.15. The van der Waals surface area contributed by atoms with Gasteiger partial charge in [-0.3, -0.25) is 14.0 Å². The van der Waals surface area contributed by atoms with Crippen LogP contribution in [0, 0.1) is 18.6 Å². The van der Waals surface area contributed by atoms with Gasteiger partial charge >= 0.3 is 0 Å². The summed E-state index contributed by atoms with van der Waals surface area (Å²) in [6.07, 6.45) is 1.53. The molecule has 1 N–H and O–H groups in total. The number of carbonyl (C=O) groups is 1. The van der Waals surface area contributed by atoms with E-state index in [1.165, 1.54) is 21.9 Å². The fourth-order valence-electron chi connectivity index (χ4n) is 1.98. The van der Waals surface area contributed by atoms with Crippen LogP contribution >= 0.6 is 11.3 Å². The van der Waals surface area contributed by atoms with Crippen LogP contribution in [0.5, 0.6) is 0 Å². The van der Waals surface area contributed by atoms with Crippen LogP contribution in [0.3, 0.4) is 0 Å². The van der Waals surface area contributed by atoms with Crippen molar-refractivity contribution in [2.45, 2.75) is 6.92 Å². The molecule has 5 nitrogen and oxygen atoms in total. The van der Waals surface area contributed by atoms with Crippen molar-refractivity contribution >= 4 is 27.9 Å². The molecular weight excluding hydrogens is 312 g/mol. The van der Waals surface area contributed by atoms with E-state index in [2.05, 4.69) is 10.3 Å². The number of thiazole rings is 1. The van der Waals surface area contributed by atoms with Crippen LogP contribution in [-0.2, 0) is 0 Å². The minimum atomic E-state index is -1.00. The summed E-state index contributed by atoms with van der Waals surface area (Å²) in [4.78, 5) is 29.0. The van der Waals surface area contributed by atoms with E-state index >= 15 is 0 Å². The summed E-state index contributed by atoms with van der Waals surface area (Å²) in [5, 5.41) is 4.03. The third-order valence-corrected chi connectivity index (χ3v) is 3.82. The number of anilines is 1. The summed E-state index contributed by atoms with van der Waals surface area (Å²) in [5.74, 6) is -2.62. The number of aromatic nitrogens is 2. The topological polar surface area (TPSA) is 63.5 Å². The van der Waals surface area contributed by atoms with Gasteiger partial charge in [0.1, 0.15) is 17.3 Å². The molecule has 0 aliphatic rings. The molecule has 0 bridgehead atoms. The molecule has 1 amide bonds. The summed E-state index contributed by atoms with van der Waals surface area (Å²) < 4.78 is 27.8. The van der Waals surface area contributed by atoms with Crippen molar-refractivity contribution in [1.82, 2.24) is 9.38 Å². The van der Waals surface area contributed by atoms with Crippen LogP contribution in [0.25, 0.3) is 4.96 Å². The highest BCUT2D eigenvalue weighted by atomic mass is 32.1. The molecule has 8 heteroatoms. The Morgan fingerprint density at radius 2 is 2.14 bits per heavy atom. The van der Waals surface area contributed by atoms with Gasteiger partial charge in [-0.1, -0.05) is 0 Å². The normalized spacial score (nSPS) is 10.9. The van der Waals surface area contributed by atoms with Crippen molar-refractivity contribution in [3.63, 3.8) is 0 Å². The zero-order valence-electron chi connectivity index (χ0n) is 11.3. The summed E-state index contributed by atoms with van der Waals surface area (Å²) in [6.45, 7) is 1.57. The van der Waals surface area contributed by atoms with Gasteiger partial charge in [0.25, 0.3) is 11.5 Å². The van der Waals surface area contributed by atoms with Crippen LogP contribution in [0.4, 0.5) is 14.5 Å². The number of nitrogens with zero attached hydrogens (tertiary/aromatic N) is 2. The summed E-state index contributed by atoms with van der Waals surface area (Å²) in [7, 11) is 0. The van der Waals surface area contributed by atoms with Gasteiger partial charge in [0.05, 0.1) is 11.3 Å². The van der Waals surface area contributed by atoms with Gasteiger partial charge in [-0.2, -0.15) is 0 Å². The lowest BCUT2D eigenvalue weighted by Gasteiger charge is -2.08.